The van der Waals surface area contributed by atoms with Gasteiger partial charge in [-0.05, 0) is 47.5 Å². The molecule has 0 radical (unpaired) electrons. The van der Waals surface area contributed by atoms with Gasteiger partial charge in [0.1, 0.15) is 17.2 Å². The van der Waals surface area contributed by atoms with Gasteiger partial charge in [-0.3, -0.25) is 0 Å². The van der Waals surface area contributed by atoms with E-state index in [1.165, 1.54) is 24.3 Å². The maximum atomic E-state index is 14.8. The second-order valence-corrected chi connectivity index (χ2v) is 7.91. The average molecular weight is 481 g/mol. The number of urea groups is 1. The number of nitrogens with zero attached hydrogens (tertiary/aromatic N) is 1. The van der Waals surface area contributed by atoms with Crippen LogP contribution in [0.15, 0.2) is 60.7 Å². The van der Waals surface area contributed by atoms with Crippen molar-refractivity contribution >= 4 is 23.4 Å². The molecule has 35 heavy (non-hydrogen) atoms. The van der Waals surface area contributed by atoms with Crippen molar-refractivity contribution in [2.45, 2.75) is 6.54 Å². The average Bonchev–Trinajstić information content (AvgIpc) is 2.88. The lowest BCUT2D eigenvalue weighted by atomic mass is 9.98. The second-order valence-electron chi connectivity index (χ2n) is 7.91. The minimum atomic E-state index is -0.848. The van der Waals surface area contributed by atoms with Crippen molar-refractivity contribution < 1.29 is 27.8 Å². The first kappa shape index (κ1) is 24.2. The van der Waals surface area contributed by atoms with Gasteiger partial charge in [-0.2, -0.15) is 0 Å². The summed E-state index contributed by atoms with van der Waals surface area (Å²) in [6.07, 6.45) is 0. The van der Waals surface area contributed by atoms with E-state index in [4.69, 9.17) is 4.74 Å². The van der Waals surface area contributed by atoms with Crippen LogP contribution in [-0.4, -0.2) is 45.4 Å². The summed E-state index contributed by atoms with van der Waals surface area (Å²) in [7, 11) is 1.15. The molecule has 1 aliphatic heterocycles. The molecule has 3 aromatic carbocycles. The van der Waals surface area contributed by atoms with E-state index in [-0.39, 0.29) is 23.2 Å². The van der Waals surface area contributed by atoms with E-state index in [9.17, 15) is 18.4 Å². The standard InChI is InChI=1S/C26H25F2N3O4/c1-34-25(32)24-21(3-2-4-22(24)27)17-5-6-18(23(28)15-17)16-29-26(33)30-19-7-9-20(10-8-19)31-11-13-35-14-12-31/h2-10,15H,11-14,16H2,1H3,(H2,29,30,33). The summed E-state index contributed by atoms with van der Waals surface area (Å²) in [6, 6.07) is 15.3. The van der Waals surface area contributed by atoms with E-state index in [0.29, 0.717) is 24.5 Å². The fourth-order valence-corrected chi connectivity index (χ4v) is 3.86. The van der Waals surface area contributed by atoms with Crippen LogP contribution in [0.4, 0.5) is 25.0 Å². The second kappa shape index (κ2) is 11.0. The maximum absolute atomic E-state index is 14.8. The normalized spacial score (nSPS) is 13.3. The van der Waals surface area contributed by atoms with E-state index >= 15 is 0 Å². The lowest BCUT2D eigenvalue weighted by Crippen LogP contribution is -2.36. The summed E-state index contributed by atoms with van der Waals surface area (Å²) in [5.41, 5.74) is 2.17. The molecule has 0 bridgehead atoms. The molecule has 2 N–H and O–H groups in total. The first-order valence-electron chi connectivity index (χ1n) is 11.1. The van der Waals surface area contributed by atoms with Crippen molar-refractivity contribution in [1.29, 1.82) is 0 Å². The molecule has 0 spiro atoms. The Bertz CT molecular complexity index is 1210. The first-order valence-corrected chi connectivity index (χ1v) is 11.1. The molecule has 1 fully saturated rings. The number of carbonyl (C=O) groups is 2. The molecular formula is C26H25F2N3O4. The molecular weight excluding hydrogens is 456 g/mol. The molecule has 1 saturated heterocycles. The number of hydrogen-bond acceptors (Lipinski definition) is 5. The summed E-state index contributed by atoms with van der Waals surface area (Å²) in [6.45, 7) is 2.96. The van der Waals surface area contributed by atoms with Crippen LogP contribution in [-0.2, 0) is 16.0 Å². The number of amides is 2. The SMILES string of the molecule is COC(=O)c1c(F)cccc1-c1ccc(CNC(=O)Nc2ccc(N3CCOCC3)cc2)c(F)c1. The predicted molar refractivity (Wildman–Crippen MR) is 128 cm³/mol. The largest absolute Gasteiger partial charge is 0.465 e. The lowest BCUT2D eigenvalue weighted by Gasteiger charge is -2.28. The van der Waals surface area contributed by atoms with Gasteiger partial charge in [-0.25, -0.2) is 18.4 Å². The number of nitrogens with one attached hydrogen (secondary N) is 2. The van der Waals surface area contributed by atoms with Crippen molar-refractivity contribution in [2.75, 3.05) is 43.6 Å². The van der Waals surface area contributed by atoms with Gasteiger partial charge in [-0.1, -0.05) is 24.3 Å². The zero-order valence-corrected chi connectivity index (χ0v) is 19.1. The highest BCUT2D eigenvalue weighted by atomic mass is 19.1. The molecule has 1 aliphatic rings. The Morgan fingerprint density at radius 2 is 1.74 bits per heavy atom. The van der Waals surface area contributed by atoms with Gasteiger partial charge in [0, 0.05) is 36.6 Å². The number of morpholine rings is 1. The van der Waals surface area contributed by atoms with Gasteiger partial charge in [0.25, 0.3) is 0 Å². The molecule has 0 saturated carbocycles. The van der Waals surface area contributed by atoms with Crippen molar-refractivity contribution in [2.24, 2.45) is 0 Å². The number of hydrogen-bond donors (Lipinski definition) is 2. The molecule has 0 atom stereocenters. The summed E-state index contributed by atoms with van der Waals surface area (Å²) in [5, 5.41) is 5.35. The molecule has 0 aromatic heterocycles. The molecule has 182 valence electrons. The quantitative estimate of drug-likeness (QED) is 0.504. The number of halogens is 2. The third-order valence-electron chi connectivity index (χ3n) is 5.71. The molecule has 0 aliphatic carbocycles. The van der Waals surface area contributed by atoms with Gasteiger partial charge in [0.2, 0.25) is 0 Å². The highest BCUT2D eigenvalue weighted by Gasteiger charge is 2.19. The van der Waals surface area contributed by atoms with Crippen molar-refractivity contribution in [3.63, 3.8) is 0 Å². The van der Waals surface area contributed by atoms with Crippen LogP contribution < -0.4 is 15.5 Å². The minimum absolute atomic E-state index is 0.0587. The van der Waals surface area contributed by atoms with E-state index < -0.39 is 23.6 Å². The summed E-state index contributed by atoms with van der Waals surface area (Å²) in [4.78, 5) is 26.5. The summed E-state index contributed by atoms with van der Waals surface area (Å²) in [5.74, 6) is -2.20. The fraction of sp³-hybridized carbons (Fsp3) is 0.231. The van der Waals surface area contributed by atoms with Crippen LogP contribution in [0, 0.1) is 11.6 Å². The number of carbonyl (C=O) groups excluding carboxylic acids is 2. The van der Waals surface area contributed by atoms with Crippen LogP contribution in [0.1, 0.15) is 15.9 Å². The van der Waals surface area contributed by atoms with E-state index in [2.05, 4.69) is 20.3 Å². The Morgan fingerprint density at radius 1 is 1.00 bits per heavy atom. The summed E-state index contributed by atoms with van der Waals surface area (Å²) < 4.78 is 39.0. The number of anilines is 2. The third-order valence-corrected chi connectivity index (χ3v) is 5.71. The van der Waals surface area contributed by atoms with Crippen molar-refractivity contribution in [3.8, 4) is 11.1 Å². The lowest BCUT2D eigenvalue weighted by molar-refractivity contribution is 0.0596. The van der Waals surface area contributed by atoms with Gasteiger partial charge < -0.3 is 25.0 Å². The molecule has 9 heteroatoms. The monoisotopic (exact) mass is 481 g/mol. The van der Waals surface area contributed by atoms with Gasteiger partial charge in [0.05, 0.1) is 20.3 Å². The van der Waals surface area contributed by atoms with Crippen LogP contribution in [0.2, 0.25) is 0 Å². The predicted octanol–water partition coefficient (Wildman–Crippen LogP) is 4.58. The molecule has 3 aromatic rings. The fourth-order valence-electron chi connectivity index (χ4n) is 3.86. The number of benzene rings is 3. The molecule has 2 amide bonds. The Balaban J connectivity index is 1.38. The topological polar surface area (TPSA) is 79.9 Å². The van der Waals surface area contributed by atoms with Crippen LogP contribution in [0.5, 0.6) is 0 Å². The third kappa shape index (κ3) is 5.75. The Hall–Kier alpha value is -3.98. The molecule has 0 unspecified atom stereocenters. The summed E-state index contributed by atoms with van der Waals surface area (Å²) >= 11 is 0. The Labute approximate surface area is 201 Å². The highest BCUT2D eigenvalue weighted by molar-refractivity contribution is 5.97. The van der Waals surface area contributed by atoms with Gasteiger partial charge in [0.15, 0.2) is 0 Å². The van der Waals surface area contributed by atoms with E-state index in [1.54, 1.807) is 18.2 Å². The van der Waals surface area contributed by atoms with Gasteiger partial charge >= 0.3 is 12.0 Å². The van der Waals surface area contributed by atoms with Crippen LogP contribution >= 0.6 is 0 Å². The van der Waals surface area contributed by atoms with E-state index in [0.717, 1.165) is 32.0 Å². The van der Waals surface area contributed by atoms with Gasteiger partial charge in [-0.15, -0.1) is 0 Å². The maximum Gasteiger partial charge on any atom is 0.341 e. The van der Waals surface area contributed by atoms with Crippen molar-refractivity contribution in [1.82, 2.24) is 5.32 Å². The van der Waals surface area contributed by atoms with E-state index in [1.807, 2.05) is 12.1 Å². The van der Waals surface area contributed by atoms with Crippen molar-refractivity contribution in [3.05, 3.63) is 83.4 Å². The van der Waals surface area contributed by atoms with Crippen LogP contribution in [0.25, 0.3) is 11.1 Å². The smallest absolute Gasteiger partial charge is 0.341 e. The zero-order chi connectivity index (χ0) is 24.8. The Morgan fingerprint density at radius 3 is 2.43 bits per heavy atom. The highest BCUT2D eigenvalue weighted by Crippen LogP contribution is 2.28. The number of esters is 1. The number of rotatable bonds is 6. The Kier molecular flexibility index (Phi) is 7.57. The first-order chi connectivity index (χ1) is 17.0. The van der Waals surface area contributed by atoms with Crippen LogP contribution in [0.3, 0.4) is 0 Å². The number of methoxy groups -OCH3 is 1. The zero-order valence-electron chi connectivity index (χ0n) is 19.1. The molecule has 4 rings (SSSR count). The molecule has 1 heterocycles. The minimum Gasteiger partial charge on any atom is -0.465 e. The number of ether oxygens (including phenoxy) is 2. The molecule has 7 nitrogen and oxygen atoms in total.